The standard InChI is InChI=1S/C9H8N2O2/c12-9-5-8(11-13)6-3-1-2-4-7(6)10-9/h1-5,13H,(H2,10,11,12). The van der Waals surface area contributed by atoms with Crippen molar-refractivity contribution in [3.8, 4) is 0 Å². The zero-order valence-corrected chi connectivity index (χ0v) is 6.74. The highest BCUT2D eigenvalue weighted by Crippen LogP contribution is 2.17. The molecule has 0 aliphatic heterocycles. The molecule has 0 aliphatic carbocycles. The van der Waals surface area contributed by atoms with Crippen LogP contribution in [0.5, 0.6) is 0 Å². The Labute approximate surface area is 73.8 Å². The number of aromatic nitrogens is 1. The number of rotatable bonds is 1. The minimum Gasteiger partial charge on any atom is -0.322 e. The van der Waals surface area contributed by atoms with Crippen LogP contribution in [0, 0.1) is 0 Å². The van der Waals surface area contributed by atoms with E-state index >= 15 is 0 Å². The Morgan fingerprint density at radius 3 is 2.85 bits per heavy atom. The molecule has 66 valence electrons. The molecule has 3 N–H and O–H groups in total. The van der Waals surface area contributed by atoms with Crippen molar-refractivity contribution in [1.82, 2.24) is 4.98 Å². The molecule has 0 fully saturated rings. The lowest BCUT2D eigenvalue weighted by molar-refractivity contribution is 0.389. The van der Waals surface area contributed by atoms with Gasteiger partial charge in [0.25, 0.3) is 5.56 Å². The smallest absolute Gasteiger partial charge is 0.250 e. The van der Waals surface area contributed by atoms with E-state index in [2.05, 4.69) is 4.98 Å². The van der Waals surface area contributed by atoms with E-state index in [1.165, 1.54) is 6.07 Å². The van der Waals surface area contributed by atoms with Gasteiger partial charge in [-0.1, -0.05) is 18.2 Å². The minimum absolute atomic E-state index is 0.241. The van der Waals surface area contributed by atoms with Gasteiger partial charge in [0.05, 0.1) is 11.2 Å². The van der Waals surface area contributed by atoms with Crippen LogP contribution in [0.2, 0.25) is 0 Å². The van der Waals surface area contributed by atoms with Crippen molar-refractivity contribution in [2.75, 3.05) is 5.48 Å². The van der Waals surface area contributed by atoms with Crippen molar-refractivity contribution in [1.29, 1.82) is 0 Å². The maximum atomic E-state index is 11.1. The van der Waals surface area contributed by atoms with Gasteiger partial charge < -0.3 is 4.98 Å². The minimum atomic E-state index is -0.241. The average Bonchev–Trinajstić information content (AvgIpc) is 2.16. The Morgan fingerprint density at radius 2 is 2.08 bits per heavy atom. The van der Waals surface area contributed by atoms with E-state index < -0.39 is 0 Å². The van der Waals surface area contributed by atoms with E-state index in [1.54, 1.807) is 6.07 Å². The number of H-pyrrole nitrogens is 1. The van der Waals surface area contributed by atoms with Gasteiger partial charge in [0, 0.05) is 11.5 Å². The van der Waals surface area contributed by atoms with E-state index in [9.17, 15) is 4.79 Å². The van der Waals surface area contributed by atoms with Crippen LogP contribution in [0.1, 0.15) is 0 Å². The maximum absolute atomic E-state index is 11.1. The molecular formula is C9H8N2O2. The van der Waals surface area contributed by atoms with Crippen LogP contribution in [-0.2, 0) is 0 Å². The molecule has 2 rings (SSSR count). The fourth-order valence-electron chi connectivity index (χ4n) is 1.30. The Bertz CT molecular complexity index is 490. The number of hydrogen-bond acceptors (Lipinski definition) is 3. The van der Waals surface area contributed by atoms with E-state index in [1.807, 2.05) is 23.7 Å². The Balaban J connectivity index is 2.89. The number of pyridine rings is 1. The highest BCUT2D eigenvalue weighted by atomic mass is 16.5. The molecule has 4 heteroatoms. The number of para-hydroxylation sites is 1. The van der Waals surface area contributed by atoms with Crippen LogP contribution in [0.15, 0.2) is 35.1 Å². The molecule has 1 aromatic carbocycles. The summed E-state index contributed by atoms with van der Waals surface area (Å²) in [4.78, 5) is 13.7. The van der Waals surface area contributed by atoms with Gasteiger partial charge in [-0.2, -0.15) is 0 Å². The second-order valence-electron chi connectivity index (χ2n) is 2.70. The number of fused-ring (bicyclic) bond motifs is 1. The molecule has 0 bridgehead atoms. The lowest BCUT2D eigenvalue weighted by atomic mass is 10.2. The summed E-state index contributed by atoms with van der Waals surface area (Å²) in [7, 11) is 0. The Kier molecular flexibility index (Phi) is 1.75. The summed E-state index contributed by atoms with van der Waals surface area (Å²) in [6.07, 6.45) is 0. The number of anilines is 1. The summed E-state index contributed by atoms with van der Waals surface area (Å²) in [6, 6.07) is 8.55. The molecule has 0 saturated carbocycles. The molecule has 0 saturated heterocycles. The normalized spacial score (nSPS) is 10.2. The third-order valence-corrected chi connectivity index (χ3v) is 1.87. The largest absolute Gasteiger partial charge is 0.322 e. The molecule has 0 radical (unpaired) electrons. The summed E-state index contributed by atoms with van der Waals surface area (Å²) in [5.41, 5.74) is 2.87. The predicted molar refractivity (Wildman–Crippen MR) is 50.0 cm³/mol. The quantitative estimate of drug-likeness (QED) is 0.574. The second kappa shape index (κ2) is 2.91. The summed E-state index contributed by atoms with van der Waals surface area (Å²) in [6.45, 7) is 0. The van der Waals surface area contributed by atoms with Gasteiger partial charge >= 0.3 is 0 Å². The van der Waals surface area contributed by atoms with Crippen LogP contribution in [-0.4, -0.2) is 10.2 Å². The zero-order valence-electron chi connectivity index (χ0n) is 6.74. The van der Waals surface area contributed by atoms with Crippen LogP contribution in [0.4, 0.5) is 5.69 Å². The highest BCUT2D eigenvalue weighted by molar-refractivity contribution is 5.90. The average molecular weight is 176 g/mol. The lowest BCUT2D eigenvalue weighted by Gasteiger charge is -2.02. The first-order valence-corrected chi connectivity index (χ1v) is 3.83. The molecule has 0 spiro atoms. The van der Waals surface area contributed by atoms with Crippen LogP contribution in [0.3, 0.4) is 0 Å². The SMILES string of the molecule is O=c1cc(NO)c2ccccc2[nH]1. The third kappa shape index (κ3) is 1.27. The number of aromatic amines is 1. The molecule has 2 aromatic rings. The second-order valence-corrected chi connectivity index (χ2v) is 2.70. The maximum Gasteiger partial charge on any atom is 0.250 e. The van der Waals surface area contributed by atoms with Crippen LogP contribution in [0.25, 0.3) is 10.9 Å². The molecule has 1 heterocycles. The lowest BCUT2D eigenvalue weighted by Crippen LogP contribution is -2.06. The monoisotopic (exact) mass is 176 g/mol. The Hall–Kier alpha value is -1.81. The van der Waals surface area contributed by atoms with Crippen molar-refractivity contribution in [2.24, 2.45) is 0 Å². The molecule has 0 amide bonds. The van der Waals surface area contributed by atoms with E-state index in [0.29, 0.717) is 11.2 Å². The molecule has 0 aliphatic rings. The molecule has 13 heavy (non-hydrogen) atoms. The summed E-state index contributed by atoms with van der Waals surface area (Å²) >= 11 is 0. The zero-order chi connectivity index (χ0) is 9.26. The van der Waals surface area contributed by atoms with Crippen LogP contribution < -0.4 is 11.0 Å². The molecule has 0 unspecified atom stereocenters. The topological polar surface area (TPSA) is 65.1 Å². The summed E-state index contributed by atoms with van der Waals surface area (Å²) < 4.78 is 0. The van der Waals surface area contributed by atoms with Gasteiger partial charge in [0.2, 0.25) is 0 Å². The molecule has 0 atom stereocenters. The van der Waals surface area contributed by atoms with Crippen molar-refractivity contribution in [3.63, 3.8) is 0 Å². The van der Waals surface area contributed by atoms with E-state index in [4.69, 9.17) is 5.21 Å². The number of nitrogens with one attached hydrogen (secondary N) is 2. The van der Waals surface area contributed by atoms with Gasteiger partial charge in [0.1, 0.15) is 0 Å². The van der Waals surface area contributed by atoms with Gasteiger partial charge in [-0.25, -0.2) is 0 Å². The van der Waals surface area contributed by atoms with E-state index in [-0.39, 0.29) is 5.56 Å². The first-order valence-electron chi connectivity index (χ1n) is 3.83. The van der Waals surface area contributed by atoms with Gasteiger partial charge in [-0.05, 0) is 6.07 Å². The fourth-order valence-corrected chi connectivity index (χ4v) is 1.30. The number of benzene rings is 1. The van der Waals surface area contributed by atoms with Crippen molar-refractivity contribution < 1.29 is 5.21 Å². The van der Waals surface area contributed by atoms with Crippen molar-refractivity contribution in [2.45, 2.75) is 0 Å². The fraction of sp³-hybridized carbons (Fsp3) is 0. The number of hydrogen-bond donors (Lipinski definition) is 3. The van der Waals surface area contributed by atoms with Gasteiger partial charge in [-0.3, -0.25) is 15.5 Å². The highest BCUT2D eigenvalue weighted by Gasteiger charge is 2.00. The van der Waals surface area contributed by atoms with Crippen molar-refractivity contribution in [3.05, 3.63) is 40.7 Å². The first-order chi connectivity index (χ1) is 6.31. The molecule has 1 aromatic heterocycles. The predicted octanol–water partition coefficient (Wildman–Crippen LogP) is 1.33. The summed E-state index contributed by atoms with van der Waals surface area (Å²) in [5, 5.41) is 9.54. The molecular weight excluding hydrogens is 168 g/mol. The van der Waals surface area contributed by atoms with Gasteiger partial charge in [0.15, 0.2) is 0 Å². The van der Waals surface area contributed by atoms with Gasteiger partial charge in [-0.15, -0.1) is 0 Å². The van der Waals surface area contributed by atoms with Crippen LogP contribution >= 0.6 is 0 Å². The first kappa shape index (κ1) is 7.82. The third-order valence-electron chi connectivity index (χ3n) is 1.87. The molecule has 4 nitrogen and oxygen atoms in total. The Morgan fingerprint density at radius 1 is 1.31 bits per heavy atom. The summed E-state index contributed by atoms with van der Waals surface area (Å²) in [5.74, 6) is 0. The van der Waals surface area contributed by atoms with Crippen molar-refractivity contribution >= 4 is 16.6 Å². The van der Waals surface area contributed by atoms with E-state index in [0.717, 1.165) is 5.39 Å².